The Kier molecular flexibility index (Phi) is 4.14. The number of anilines is 1. The van der Waals surface area contributed by atoms with Gasteiger partial charge in [-0.3, -0.25) is 0 Å². The highest BCUT2D eigenvalue weighted by Gasteiger charge is 2.19. The Morgan fingerprint density at radius 2 is 1.86 bits per heavy atom. The van der Waals surface area contributed by atoms with Gasteiger partial charge in [-0.05, 0) is 37.6 Å². The number of nitrogens with one attached hydrogen (secondary N) is 1. The summed E-state index contributed by atoms with van der Waals surface area (Å²) in [5, 5.41) is 8.01. The second-order valence-electron chi connectivity index (χ2n) is 5.09. The molecule has 0 fully saturated rings. The van der Waals surface area contributed by atoms with Crippen LogP contribution in [0, 0.1) is 6.92 Å². The van der Waals surface area contributed by atoms with Crippen molar-refractivity contribution in [3.8, 4) is 5.82 Å². The number of hydrogen-bond acceptors (Lipinski definition) is 4. The molecule has 0 saturated carbocycles. The van der Waals surface area contributed by atoms with Crippen molar-refractivity contribution >= 4 is 5.69 Å². The van der Waals surface area contributed by atoms with Crippen LogP contribution in [0.3, 0.4) is 0 Å². The fraction of sp³-hybridized carbons (Fsp3) is 0.235. The molecule has 2 heterocycles. The van der Waals surface area contributed by atoms with E-state index in [0.717, 1.165) is 29.6 Å². The summed E-state index contributed by atoms with van der Waals surface area (Å²) in [5.41, 5.74) is 1.07. The third kappa shape index (κ3) is 2.98. The van der Waals surface area contributed by atoms with Gasteiger partial charge in [-0.15, -0.1) is 5.10 Å². The van der Waals surface area contributed by atoms with Crippen LogP contribution in [0.2, 0.25) is 0 Å². The number of benzene rings is 1. The van der Waals surface area contributed by atoms with Gasteiger partial charge in [-0.2, -0.15) is 4.68 Å². The highest BCUT2D eigenvalue weighted by molar-refractivity contribution is 5.44. The number of hydrogen-bond donors (Lipinski definition) is 1. The summed E-state index contributed by atoms with van der Waals surface area (Å²) in [6.45, 7) is 4.03. The molecule has 1 N–H and O–H groups in total. The first kappa shape index (κ1) is 14.3. The molecule has 5 nitrogen and oxygen atoms in total. The van der Waals surface area contributed by atoms with Gasteiger partial charge in [-0.1, -0.05) is 31.2 Å². The van der Waals surface area contributed by atoms with E-state index in [-0.39, 0.29) is 6.04 Å². The molecule has 0 spiro atoms. The van der Waals surface area contributed by atoms with E-state index in [1.165, 1.54) is 0 Å². The van der Waals surface area contributed by atoms with Gasteiger partial charge < -0.3 is 5.32 Å². The molecule has 0 saturated heterocycles. The Hall–Kier alpha value is -2.69. The lowest BCUT2D eigenvalue weighted by atomic mass is 10.2. The zero-order valence-corrected chi connectivity index (χ0v) is 12.8. The van der Waals surface area contributed by atoms with Crippen molar-refractivity contribution in [3.05, 3.63) is 66.4 Å². The molecule has 5 heteroatoms. The minimum Gasteiger partial charge on any atom is -0.375 e. The molecule has 22 heavy (non-hydrogen) atoms. The highest BCUT2D eigenvalue weighted by Crippen LogP contribution is 2.22. The second kappa shape index (κ2) is 6.39. The van der Waals surface area contributed by atoms with Crippen molar-refractivity contribution in [3.63, 3.8) is 0 Å². The summed E-state index contributed by atoms with van der Waals surface area (Å²) < 4.78 is 1.82. The smallest absolute Gasteiger partial charge is 0.156 e. The fourth-order valence-electron chi connectivity index (χ4n) is 2.39. The van der Waals surface area contributed by atoms with Crippen molar-refractivity contribution in [2.75, 3.05) is 5.32 Å². The molecular weight excluding hydrogens is 274 g/mol. The van der Waals surface area contributed by atoms with Crippen LogP contribution in [0.4, 0.5) is 5.69 Å². The first-order valence-electron chi connectivity index (χ1n) is 7.44. The maximum absolute atomic E-state index is 4.60. The van der Waals surface area contributed by atoms with Gasteiger partial charge in [0.25, 0.3) is 0 Å². The number of aryl methyl sites for hydroxylation is 1. The molecule has 0 aliphatic heterocycles. The van der Waals surface area contributed by atoms with Crippen molar-refractivity contribution in [2.45, 2.75) is 26.3 Å². The Morgan fingerprint density at radius 1 is 1.09 bits per heavy atom. The quantitative estimate of drug-likeness (QED) is 0.782. The summed E-state index contributed by atoms with van der Waals surface area (Å²) in [5.74, 6) is 2.41. The average Bonchev–Trinajstić information content (AvgIpc) is 2.96. The largest absolute Gasteiger partial charge is 0.375 e. The molecule has 1 aromatic carbocycles. The zero-order valence-electron chi connectivity index (χ0n) is 12.8. The molecule has 112 valence electrons. The molecule has 2 aromatic heterocycles. The standard InChI is InChI=1S/C17H19N5/c1-3-15(20-14-9-5-4-6-10-14)17-19-13(2)21-22(17)16-11-7-8-12-18-16/h4-12,15,20H,3H2,1-2H3/t15-/m1/s1. The van der Waals surface area contributed by atoms with E-state index in [0.29, 0.717) is 0 Å². The topological polar surface area (TPSA) is 55.6 Å². The molecule has 0 bridgehead atoms. The Balaban J connectivity index is 1.96. The first-order chi connectivity index (χ1) is 10.8. The summed E-state index contributed by atoms with van der Waals surface area (Å²) in [7, 11) is 0. The van der Waals surface area contributed by atoms with E-state index in [1.54, 1.807) is 6.20 Å². The number of aromatic nitrogens is 4. The summed E-state index contributed by atoms with van der Waals surface area (Å²) in [6.07, 6.45) is 2.67. The van der Waals surface area contributed by atoms with Gasteiger partial charge in [0.05, 0.1) is 6.04 Å². The van der Waals surface area contributed by atoms with Crippen LogP contribution in [0.1, 0.15) is 31.0 Å². The maximum atomic E-state index is 4.60. The molecule has 3 rings (SSSR count). The van der Waals surface area contributed by atoms with E-state index in [9.17, 15) is 0 Å². The minimum atomic E-state index is 0.0746. The van der Waals surface area contributed by atoms with Crippen molar-refractivity contribution in [1.29, 1.82) is 0 Å². The lowest BCUT2D eigenvalue weighted by molar-refractivity contribution is 0.651. The predicted octanol–water partition coefficient (Wildman–Crippen LogP) is 3.53. The van der Waals surface area contributed by atoms with E-state index in [4.69, 9.17) is 0 Å². The van der Waals surface area contributed by atoms with Gasteiger partial charge >= 0.3 is 0 Å². The van der Waals surface area contributed by atoms with E-state index in [1.807, 2.05) is 48.0 Å². The SMILES string of the molecule is CC[C@@H](Nc1ccccc1)c1nc(C)nn1-c1ccccn1. The Labute approximate surface area is 130 Å². The number of pyridine rings is 1. The normalized spacial score (nSPS) is 12.1. The molecule has 3 aromatic rings. The van der Waals surface area contributed by atoms with Gasteiger partial charge in [0.1, 0.15) is 5.82 Å². The molecule has 0 aliphatic carbocycles. The van der Waals surface area contributed by atoms with Gasteiger partial charge in [0.15, 0.2) is 11.6 Å². The number of rotatable bonds is 5. The molecule has 0 radical (unpaired) electrons. The van der Waals surface area contributed by atoms with Gasteiger partial charge in [-0.25, -0.2) is 9.97 Å². The monoisotopic (exact) mass is 293 g/mol. The van der Waals surface area contributed by atoms with Crippen molar-refractivity contribution < 1.29 is 0 Å². The maximum Gasteiger partial charge on any atom is 0.156 e. The van der Waals surface area contributed by atoms with Crippen LogP contribution < -0.4 is 5.32 Å². The first-order valence-corrected chi connectivity index (χ1v) is 7.44. The lowest BCUT2D eigenvalue weighted by Gasteiger charge is -2.18. The lowest BCUT2D eigenvalue weighted by Crippen LogP contribution is -2.16. The van der Waals surface area contributed by atoms with E-state index < -0.39 is 0 Å². The Morgan fingerprint density at radius 3 is 2.55 bits per heavy atom. The molecule has 0 amide bonds. The van der Waals surface area contributed by atoms with Gasteiger partial charge in [0.2, 0.25) is 0 Å². The fourth-order valence-corrected chi connectivity index (χ4v) is 2.39. The summed E-state index contributed by atoms with van der Waals surface area (Å²) in [6, 6.07) is 16.0. The van der Waals surface area contributed by atoms with Crippen LogP contribution in [0.25, 0.3) is 5.82 Å². The molecule has 0 unspecified atom stereocenters. The predicted molar refractivity (Wildman–Crippen MR) is 87.0 cm³/mol. The van der Waals surface area contributed by atoms with Crippen molar-refractivity contribution in [1.82, 2.24) is 19.7 Å². The number of para-hydroxylation sites is 1. The Bertz CT molecular complexity index is 721. The number of nitrogens with zero attached hydrogens (tertiary/aromatic N) is 4. The van der Waals surface area contributed by atoms with E-state index >= 15 is 0 Å². The zero-order chi connectivity index (χ0) is 15.4. The van der Waals surface area contributed by atoms with Crippen LogP contribution >= 0.6 is 0 Å². The minimum absolute atomic E-state index is 0.0746. The third-order valence-electron chi connectivity index (χ3n) is 3.44. The van der Waals surface area contributed by atoms with Crippen molar-refractivity contribution in [2.24, 2.45) is 0 Å². The van der Waals surface area contributed by atoms with Crippen LogP contribution in [0.5, 0.6) is 0 Å². The van der Waals surface area contributed by atoms with Gasteiger partial charge in [0, 0.05) is 11.9 Å². The van der Waals surface area contributed by atoms with Crippen LogP contribution in [-0.2, 0) is 0 Å². The summed E-state index contributed by atoms with van der Waals surface area (Å²) >= 11 is 0. The third-order valence-corrected chi connectivity index (χ3v) is 3.44. The highest BCUT2D eigenvalue weighted by atomic mass is 15.4. The molecule has 1 atom stereocenters. The van der Waals surface area contributed by atoms with Crippen LogP contribution in [0.15, 0.2) is 54.7 Å². The summed E-state index contributed by atoms with van der Waals surface area (Å²) in [4.78, 5) is 8.98. The average molecular weight is 293 g/mol. The van der Waals surface area contributed by atoms with Crippen LogP contribution in [-0.4, -0.2) is 19.7 Å². The molecule has 0 aliphatic rings. The second-order valence-corrected chi connectivity index (χ2v) is 5.09. The van der Waals surface area contributed by atoms with E-state index in [2.05, 4.69) is 39.4 Å². The molecular formula is C17H19N5.